The van der Waals surface area contributed by atoms with Crippen LogP contribution in [0.2, 0.25) is 0 Å². The summed E-state index contributed by atoms with van der Waals surface area (Å²) in [5.41, 5.74) is 2.06. The molecule has 0 radical (unpaired) electrons. The van der Waals surface area contributed by atoms with Gasteiger partial charge in [-0.05, 0) is 29.8 Å². The molecule has 0 aliphatic rings. The topological polar surface area (TPSA) is 79.9 Å². The number of hydrogen-bond donors (Lipinski definition) is 1. The van der Waals surface area contributed by atoms with E-state index >= 15 is 0 Å². The highest BCUT2D eigenvalue weighted by molar-refractivity contribution is 7.91. The fourth-order valence-electron chi connectivity index (χ4n) is 3.19. The van der Waals surface area contributed by atoms with Crippen molar-refractivity contribution in [3.05, 3.63) is 96.3 Å². The summed E-state index contributed by atoms with van der Waals surface area (Å²) in [6, 6.07) is 24.5. The minimum absolute atomic E-state index is 0.165. The average molecular weight is 390 g/mol. The van der Waals surface area contributed by atoms with Crippen LogP contribution in [-0.2, 0) is 9.84 Å². The van der Waals surface area contributed by atoms with Crippen molar-refractivity contribution >= 4 is 26.7 Å². The van der Waals surface area contributed by atoms with Gasteiger partial charge in [0.2, 0.25) is 5.78 Å². The third kappa shape index (κ3) is 3.59. The summed E-state index contributed by atoms with van der Waals surface area (Å²) >= 11 is 0. The normalized spacial score (nSPS) is 12.7. The lowest BCUT2D eigenvalue weighted by Crippen LogP contribution is -2.23. The Morgan fingerprint density at radius 1 is 0.857 bits per heavy atom. The molecule has 0 fully saturated rings. The zero-order valence-electron chi connectivity index (χ0n) is 14.9. The van der Waals surface area contributed by atoms with Gasteiger partial charge in [0, 0.05) is 0 Å². The standard InChI is InChI=1S/C22H18N2O3S/c25-21(22-23-19-13-7-8-14-20(19)24-22)18(16-9-3-1-4-10-16)15-28(26,27)17-11-5-2-6-12-17/h1-14,18H,15H2,(H,23,24). The van der Waals surface area contributed by atoms with Gasteiger partial charge in [-0.1, -0.05) is 60.7 Å². The molecule has 1 atom stereocenters. The molecule has 0 saturated carbocycles. The molecule has 0 saturated heterocycles. The van der Waals surface area contributed by atoms with E-state index in [9.17, 15) is 13.2 Å². The lowest BCUT2D eigenvalue weighted by Gasteiger charge is -2.15. The summed E-state index contributed by atoms with van der Waals surface area (Å²) < 4.78 is 25.9. The van der Waals surface area contributed by atoms with Crippen LogP contribution in [0.4, 0.5) is 0 Å². The number of nitrogens with zero attached hydrogens (tertiary/aromatic N) is 1. The van der Waals surface area contributed by atoms with Crippen molar-refractivity contribution in [2.45, 2.75) is 10.8 Å². The number of carbonyl (C=O) groups excluding carboxylic acids is 1. The number of rotatable bonds is 6. The maximum absolute atomic E-state index is 13.3. The summed E-state index contributed by atoms with van der Waals surface area (Å²) in [7, 11) is -3.65. The van der Waals surface area contributed by atoms with E-state index in [2.05, 4.69) is 9.97 Å². The molecule has 140 valence electrons. The van der Waals surface area contributed by atoms with Crippen molar-refractivity contribution in [2.24, 2.45) is 0 Å². The molecule has 0 aliphatic carbocycles. The van der Waals surface area contributed by atoms with Crippen LogP contribution in [0, 0.1) is 0 Å². The van der Waals surface area contributed by atoms with Gasteiger partial charge in [0.1, 0.15) is 0 Å². The first kappa shape index (κ1) is 18.1. The molecule has 3 aromatic carbocycles. The van der Waals surface area contributed by atoms with Crippen molar-refractivity contribution in [2.75, 3.05) is 5.75 Å². The largest absolute Gasteiger partial charge is 0.335 e. The van der Waals surface area contributed by atoms with Crippen molar-refractivity contribution < 1.29 is 13.2 Å². The molecule has 0 spiro atoms. The SMILES string of the molecule is O=C(c1nc2ccccc2[nH]1)C(CS(=O)(=O)c1ccccc1)c1ccccc1. The number of aromatic nitrogens is 2. The lowest BCUT2D eigenvalue weighted by molar-refractivity contribution is 0.0958. The minimum Gasteiger partial charge on any atom is -0.335 e. The Kier molecular flexibility index (Phi) is 4.79. The molecule has 5 nitrogen and oxygen atoms in total. The highest BCUT2D eigenvalue weighted by atomic mass is 32.2. The van der Waals surface area contributed by atoms with Crippen LogP contribution in [0.3, 0.4) is 0 Å². The number of carbonyl (C=O) groups is 1. The minimum atomic E-state index is -3.65. The highest BCUT2D eigenvalue weighted by Crippen LogP contribution is 2.26. The van der Waals surface area contributed by atoms with E-state index in [1.54, 1.807) is 60.7 Å². The Bertz CT molecular complexity index is 1180. The van der Waals surface area contributed by atoms with E-state index in [1.807, 2.05) is 24.3 Å². The first-order valence-corrected chi connectivity index (χ1v) is 10.5. The number of para-hydroxylation sites is 2. The van der Waals surface area contributed by atoms with Gasteiger partial charge < -0.3 is 4.98 Å². The second-order valence-electron chi connectivity index (χ2n) is 6.52. The van der Waals surface area contributed by atoms with E-state index in [1.165, 1.54) is 0 Å². The van der Waals surface area contributed by atoms with Crippen LogP contribution in [-0.4, -0.2) is 29.9 Å². The quantitative estimate of drug-likeness (QED) is 0.505. The summed E-state index contributed by atoms with van der Waals surface area (Å²) in [5, 5.41) is 0. The summed E-state index contributed by atoms with van der Waals surface area (Å²) in [4.78, 5) is 20.8. The zero-order chi connectivity index (χ0) is 19.6. The fourth-order valence-corrected chi connectivity index (χ4v) is 4.73. The number of ketones is 1. The third-order valence-electron chi connectivity index (χ3n) is 4.63. The first-order chi connectivity index (χ1) is 13.5. The van der Waals surface area contributed by atoms with Crippen molar-refractivity contribution in [3.8, 4) is 0 Å². The monoisotopic (exact) mass is 390 g/mol. The summed E-state index contributed by atoms with van der Waals surface area (Å²) in [5.74, 6) is -1.36. The van der Waals surface area contributed by atoms with Crippen LogP contribution >= 0.6 is 0 Å². The van der Waals surface area contributed by atoms with Gasteiger partial charge in [-0.3, -0.25) is 4.79 Å². The van der Waals surface area contributed by atoms with Gasteiger partial charge in [-0.25, -0.2) is 13.4 Å². The van der Waals surface area contributed by atoms with E-state index in [4.69, 9.17) is 0 Å². The van der Waals surface area contributed by atoms with E-state index in [0.717, 1.165) is 5.52 Å². The second kappa shape index (κ2) is 7.40. The van der Waals surface area contributed by atoms with Gasteiger partial charge in [-0.15, -0.1) is 0 Å². The van der Waals surface area contributed by atoms with E-state index in [-0.39, 0.29) is 22.3 Å². The van der Waals surface area contributed by atoms with Crippen LogP contribution in [0.5, 0.6) is 0 Å². The van der Waals surface area contributed by atoms with Crippen LogP contribution in [0.25, 0.3) is 11.0 Å². The highest BCUT2D eigenvalue weighted by Gasteiger charge is 2.30. The average Bonchev–Trinajstić information content (AvgIpc) is 3.17. The molecule has 28 heavy (non-hydrogen) atoms. The molecule has 0 aliphatic heterocycles. The molecule has 4 aromatic rings. The number of Topliss-reactive ketones (excluding diaryl/α,β-unsaturated/α-hetero) is 1. The zero-order valence-corrected chi connectivity index (χ0v) is 15.8. The third-order valence-corrected chi connectivity index (χ3v) is 6.39. The summed E-state index contributed by atoms with van der Waals surface area (Å²) in [6.45, 7) is 0. The van der Waals surface area contributed by atoms with E-state index < -0.39 is 15.8 Å². The molecular formula is C22H18N2O3S. The van der Waals surface area contributed by atoms with Crippen LogP contribution in [0.1, 0.15) is 22.1 Å². The van der Waals surface area contributed by atoms with Crippen LogP contribution < -0.4 is 0 Å². The van der Waals surface area contributed by atoms with Gasteiger partial charge in [0.05, 0.1) is 27.6 Å². The number of aromatic amines is 1. The number of hydrogen-bond acceptors (Lipinski definition) is 4. The van der Waals surface area contributed by atoms with Gasteiger partial charge in [-0.2, -0.15) is 0 Å². The van der Waals surface area contributed by atoms with Gasteiger partial charge >= 0.3 is 0 Å². The Labute approximate surface area is 163 Å². The molecule has 0 bridgehead atoms. The first-order valence-electron chi connectivity index (χ1n) is 8.86. The molecule has 6 heteroatoms. The molecule has 1 unspecified atom stereocenters. The number of nitrogens with one attached hydrogen (secondary N) is 1. The molecule has 1 N–H and O–H groups in total. The van der Waals surface area contributed by atoms with Crippen molar-refractivity contribution in [1.82, 2.24) is 9.97 Å². The Morgan fingerprint density at radius 3 is 2.14 bits per heavy atom. The Balaban J connectivity index is 1.75. The number of benzene rings is 3. The smallest absolute Gasteiger partial charge is 0.206 e. The van der Waals surface area contributed by atoms with E-state index in [0.29, 0.717) is 11.1 Å². The maximum atomic E-state index is 13.3. The molecule has 0 amide bonds. The summed E-state index contributed by atoms with van der Waals surface area (Å²) in [6.07, 6.45) is 0. The Morgan fingerprint density at radius 2 is 1.46 bits per heavy atom. The van der Waals surface area contributed by atoms with Gasteiger partial charge in [0.15, 0.2) is 15.7 Å². The maximum Gasteiger partial charge on any atom is 0.206 e. The van der Waals surface area contributed by atoms with Gasteiger partial charge in [0.25, 0.3) is 0 Å². The predicted molar refractivity (Wildman–Crippen MR) is 108 cm³/mol. The second-order valence-corrected chi connectivity index (χ2v) is 8.56. The number of fused-ring (bicyclic) bond motifs is 1. The molecular weight excluding hydrogens is 372 g/mol. The van der Waals surface area contributed by atoms with Crippen LogP contribution in [0.15, 0.2) is 89.8 Å². The molecule has 1 aromatic heterocycles. The van der Waals surface area contributed by atoms with Crippen molar-refractivity contribution in [3.63, 3.8) is 0 Å². The number of sulfone groups is 1. The predicted octanol–water partition coefficient (Wildman–Crippen LogP) is 4.00. The number of H-pyrrole nitrogens is 1. The fraction of sp³-hybridized carbons (Fsp3) is 0.0909. The van der Waals surface area contributed by atoms with Crippen molar-refractivity contribution in [1.29, 1.82) is 0 Å². The Hall–Kier alpha value is -3.25. The number of imidazole rings is 1. The lowest BCUT2D eigenvalue weighted by atomic mass is 9.96. The molecule has 4 rings (SSSR count). The molecule has 1 heterocycles.